The molecule has 0 spiro atoms. The number of hydrogen-bond acceptors (Lipinski definition) is 6. The molecule has 9 heteroatoms. The van der Waals surface area contributed by atoms with Gasteiger partial charge in [-0.2, -0.15) is 0 Å². The highest BCUT2D eigenvalue weighted by Crippen LogP contribution is 2.26. The molecule has 0 radical (unpaired) electrons. The van der Waals surface area contributed by atoms with Crippen LogP contribution in [-0.2, 0) is 17.8 Å². The number of tetrazole rings is 1. The zero-order valence-corrected chi connectivity index (χ0v) is 19.9. The number of aromatic nitrogens is 7. The average Bonchev–Trinajstić information content (AvgIpc) is 3.53. The van der Waals surface area contributed by atoms with Gasteiger partial charge in [-0.3, -0.25) is 18.9 Å². The molecule has 1 fully saturated rings. The van der Waals surface area contributed by atoms with Crippen LogP contribution in [0.5, 0.6) is 0 Å². The Labute approximate surface area is 203 Å². The summed E-state index contributed by atoms with van der Waals surface area (Å²) in [4.78, 5) is 30.6. The third-order valence-corrected chi connectivity index (χ3v) is 6.68. The molecule has 0 aliphatic heterocycles. The van der Waals surface area contributed by atoms with Gasteiger partial charge in [-0.25, -0.2) is 9.89 Å². The number of imidazole rings is 1. The topological polar surface area (TPSA) is 111 Å². The zero-order valence-electron chi connectivity index (χ0n) is 19.9. The highest BCUT2D eigenvalue weighted by molar-refractivity contribution is 5.83. The molecule has 1 aliphatic rings. The Hall–Kier alpha value is -3.88. The van der Waals surface area contributed by atoms with E-state index in [9.17, 15) is 9.59 Å². The Bertz CT molecular complexity index is 1370. The van der Waals surface area contributed by atoms with Crippen molar-refractivity contribution in [3.8, 4) is 22.5 Å². The molecule has 0 saturated heterocycles. The Morgan fingerprint density at radius 2 is 1.94 bits per heavy atom. The summed E-state index contributed by atoms with van der Waals surface area (Å²) in [5.41, 5.74) is 4.52. The van der Waals surface area contributed by atoms with Crippen molar-refractivity contribution in [2.75, 3.05) is 0 Å². The minimum atomic E-state index is -0.342. The van der Waals surface area contributed by atoms with E-state index in [-0.39, 0.29) is 17.5 Å². The fourth-order valence-electron chi connectivity index (χ4n) is 4.79. The third kappa shape index (κ3) is 4.84. The predicted molar refractivity (Wildman–Crippen MR) is 132 cm³/mol. The Morgan fingerprint density at radius 1 is 1.09 bits per heavy atom. The van der Waals surface area contributed by atoms with Gasteiger partial charge in [-0.1, -0.05) is 38.0 Å². The maximum atomic E-state index is 13.5. The number of Topliss-reactive ketones (excluding diaryl/α,β-unsaturated/α-hetero) is 1. The summed E-state index contributed by atoms with van der Waals surface area (Å²) in [5, 5.41) is 14.1. The van der Waals surface area contributed by atoms with Crippen LogP contribution >= 0.6 is 0 Å². The number of unbranched alkanes of at least 4 members (excludes halogenated alkanes) is 1. The molecule has 1 unspecified atom stereocenters. The summed E-state index contributed by atoms with van der Waals surface area (Å²) in [6, 6.07) is 11.6. The summed E-state index contributed by atoms with van der Waals surface area (Å²) in [6.07, 6.45) is 9.68. The van der Waals surface area contributed by atoms with Crippen molar-refractivity contribution in [3.05, 3.63) is 70.7 Å². The molecular formula is C26H29N7O2. The van der Waals surface area contributed by atoms with Crippen molar-refractivity contribution in [3.63, 3.8) is 0 Å². The number of aromatic amines is 1. The Kier molecular flexibility index (Phi) is 6.65. The van der Waals surface area contributed by atoms with E-state index in [2.05, 4.69) is 32.5 Å². The monoisotopic (exact) mass is 471 g/mol. The number of H-pyrrole nitrogens is 1. The van der Waals surface area contributed by atoms with Crippen LogP contribution in [0.4, 0.5) is 0 Å². The first-order chi connectivity index (χ1) is 17.1. The molecule has 35 heavy (non-hydrogen) atoms. The zero-order chi connectivity index (χ0) is 24.2. The predicted octanol–water partition coefficient (Wildman–Crippen LogP) is 3.97. The van der Waals surface area contributed by atoms with Crippen LogP contribution in [-0.4, -0.2) is 40.5 Å². The van der Waals surface area contributed by atoms with Gasteiger partial charge in [0.05, 0.1) is 18.3 Å². The number of carbonyl (C=O) groups is 1. The molecule has 1 atom stereocenters. The summed E-state index contributed by atoms with van der Waals surface area (Å²) in [5.74, 6) is 0.770. The number of rotatable bonds is 8. The molecule has 0 bridgehead atoms. The molecule has 9 nitrogen and oxygen atoms in total. The van der Waals surface area contributed by atoms with Crippen molar-refractivity contribution in [1.29, 1.82) is 0 Å². The van der Waals surface area contributed by atoms with E-state index in [0.717, 1.165) is 66.6 Å². The van der Waals surface area contributed by atoms with Crippen molar-refractivity contribution >= 4 is 5.78 Å². The van der Waals surface area contributed by atoms with Crippen molar-refractivity contribution in [2.45, 2.75) is 64.5 Å². The smallest absolute Gasteiger partial charge is 0.297 e. The molecule has 4 aromatic rings. The first-order valence-electron chi connectivity index (χ1n) is 12.3. The lowest BCUT2D eigenvalue weighted by Gasteiger charge is -2.20. The average molecular weight is 472 g/mol. The van der Waals surface area contributed by atoms with Crippen LogP contribution in [0.2, 0.25) is 0 Å². The van der Waals surface area contributed by atoms with Crippen molar-refractivity contribution < 1.29 is 4.79 Å². The van der Waals surface area contributed by atoms with Gasteiger partial charge in [0.15, 0.2) is 11.6 Å². The summed E-state index contributed by atoms with van der Waals surface area (Å²) in [6.45, 7) is 2.50. The van der Waals surface area contributed by atoms with E-state index in [1.165, 1.54) is 0 Å². The van der Waals surface area contributed by atoms with Gasteiger partial charge in [0, 0.05) is 30.1 Å². The number of benzene rings is 1. The van der Waals surface area contributed by atoms with Crippen LogP contribution in [0.1, 0.15) is 62.9 Å². The fraction of sp³-hybridized carbons (Fsp3) is 0.385. The number of hydrogen-bond donors (Lipinski definition) is 1. The number of aryl methyl sites for hydroxylation is 1. The van der Waals surface area contributed by atoms with Crippen LogP contribution in [0.25, 0.3) is 22.5 Å². The SMILES string of the molecule is CCCCc1cn(C2CCCCC2=O)c(=O)n1Cc1cc(-c2cccc(-c3nnn[nH]3)c2)ccn1. The van der Waals surface area contributed by atoms with Crippen molar-refractivity contribution in [2.24, 2.45) is 0 Å². The maximum Gasteiger partial charge on any atom is 0.329 e. The van der Waals surface area contributed by atoms with Gasteiger partial charge in [0.25, 0.3) is 0 Å². The molecule has 1 N–H and O–H groups in total. The number of ketones is 1. The number of nitrogens with zero attached hydrogens (tertiary/aromatic N) is 6. The second-order valence-corrected chi connectivity index (χ2v) is 9.09. The second kappa shape index (κ2) is 10.2. The molecule has 1 aliphatic carbocycles. The van der Waals surface area contributed by atoms with Crippen LogP contribution in [0.15, 0.2) is 53.6 Å². The number of pyridine rings is 1. The third-order valence-electron chi connectivity index (χ3n) is 6.68. The van der Waals surface area contributed by atoms with E-state index in [4.69, 9.17) is 0 Å². The molecule has 3 aromatic heterocycles. The van der Waals surface area contributed by atoms with Gasteiger partial charge in [0.1, 0.15) is 0 Å². The lowest BCUT2D eigenvalue weighted by molar-refractivity contribution is -0.123. The van der Waals surface area contributed by atoms with Gasteiger partial charge in [-0.15, -0.1) is 5.10 Å². The maximum absolute atomic E-state index is 13.5. The minimum Gasteiger partial charge on any atom is -0.297 e. The largest absolute Gasteiger partial charge is 0.329 e. The van der Waals surface area contributed by atoms with E-state index in [1.54, 1.807) is 15.3 Å². The lowest BCUT2D eigenvalue weighted by Crippen LogP contribution is -2.33. The quantitative estimate of drug-likeness (QED) is 0.416. The number of carbonyl (C=O) groups excluding carboxylic acids is 1. The normalized spacial score (nSPS) is 16.0. The van der Waals surface area contributed by atoms with E-state index in [1.807, 2.05) is 42.6 Å². The van der Waals surface area contributed by atoms with Crippen LogP contribution in [0.3, 0.4) is 0 Å². The standard InChI is InChI=1S/C26H29N7O2/c1-2-3-9-22-17-33(23-10-4-5-11-24(23)34)26(35)32(22)16-21-15-19(12-13-27-21)18-7-6-8-20(14-18)25-28-30-31-29-25/h6-8,12-15,17,23H,2-5,9-11,16H2,1H3,(H,28,29,30,31). The Morgan fingerprint density at radius 3 is 2.74 bits per heavy atom. The molecule has 5 rings (SSSR count). The number of nitrogens with one attached hydrogen (secondary N) is 1. The highest BCUT2D eigenvalue weighted by Gasteiger charge is 2.27. The van der Waals surface area contributed by atoms with Crippen LogP contribution in [0, 0.1) is 0 Å². The highest BCUT2D eigenvalue weighted by atomic mass is 16.2. The van der Waals surface area contributed by atoms with E-state index >= 15 is 0 Å². The summed E-state index contributed by atoms with van der Waals surface area (Å²) < 4.78 is 3.46. The van der Waals surface area contributed by atoms with Gasteiger partial charge >= 0.3 is 5.69 Å². The minimum absolute atomic E-state index is 0.122. The molecule has 1 aromatic carbocycles. The molecule has 3 heterocycles. The first-order valence-corrected chi connectivity index (χ1v) is 12.3. The summed E-state index contributed by atoms with van der Waals surface area (Å²) >= 11 is 0. The van der Waals surface area contributed by atoms with Gasteiger partial charge in [0.2, 0.25) is 0 Å². The molecule has 0 amide bonds. The second-order valence-electron chi connectivity index (χ2n) is 9.09. The summed E-state index contributed by atoms with van der Waals surface area (Å²) in [7, 11) is 0. The van der Waals surface area contributed by atoms with E-state index in [0.29, 0.717) is 18.8 Å². The Balaban J connectivity index is 1.46. The van der Waals surface area contributed by atoms with Crippen molar-refractivity contribution in [1.82, 2.24) is 34.7 Å². The van der Waals surface area contributed by atoms with Crippen LogP contribution < -0.4 is 5.69 Å². The van der Waals surface area contributed by atoms with E-state index < -0.39 is 0 Å². The fourth-order valence-corrected chi connectivity index (χ4v) is 4.79. The molecule has 180 valence electrons. The lowest BCUT2D eigenvalue weighted by atomic mass is 9.94. The first kappa shape index (κ1) is 22.9. The van der Waals surface area contributed by atoms with Gasteiger partial charge in [-0.05, 0) is 65.4 Å². The molecule has 1 saturated carbocycles. The van der Waals surface area contributed by atoms with Gasteiger partial charge < -0.3 is 0 Å². The molecular weight excluding hydrogens is 442 g/mol.